The molecule has 2 aliphatic heterocycles. The Kier molecular flexibility index (Phi) is 12.2. The summed E-state index contributed by atoms with van der Waals surface area (Å²) in [6.45, 7) is 16.7. The number of hydrogen-bond donors (Lipinski definition) is 2. The summed E-state index contributed by atoms with van der Waals surface area (Å²) >= 11 is 0. The summed E-state index contributed by atoms with van der Waals surface area (Å²) in [7, 11) is -2.18. The fourth-order valence-electron chi connectivity index (χ4n) is 7.76. The Morgan fingerprint density at radius 2 is 1.77 bits per heavy atom. The number of aryl methyl sites for hydroxylation is 2. The molecule has 4 bridgehead atoms. The number of nitrogens with zero attached hydrogens (tertiary/aromatic N) is 4. The van der Waals surface area contributed by atoms with Crippen LogP contribution in [-0.2, 0) is 26.0 Å². The molecular weight excluding hydrogens is 629 g/mol. The van der Waals surface area contributed by atoms with Gasteiger partial charge in [-0.2, -0.15) is 0 Å². The number of benzene rings is 1. The third-order valence-electron chi connectivity index (χ3n) is 9.82. The van der Waals surface area contributed by atoms with Crippen molar-refractivity contribution in [3.8, 4) is 5.75 Å². The van der Waals surface area contributed by atoms with Gasteiger partial charge in [0, 0.05) is 32.2 Å². The third kappa shape index (κ3) is 9.32. The second-order valence-electron chi connectivity index (χ2n) is 15.5. The van der Waals surface area contributed by atoms with Crippen molar-refractivity contribution in [1.29, 1.82) is 0 Å². The molecule has 1 aliphatic carbocycles. The normalized spacial score (nSPS) is 29.1. The molecule has 3 aliphatic rings. The molecule has 0 radical (unpaired) electrons. The molecule has 1 aromatic carbocycles. The van der Waals surface area contributed by atoms with E-state index < -0.39 is 21.6 Å². The van der Waals surface area contributed by atoms with Crippen LogP contribution in [0, 0.1) is 25.2 Å². The van der Waals surface area contributed by atoms with Crippen LogP contribution in [0.25, 0.3) is 0 Å². The van der Waals surface area contributed by atoms with Gasteiger partial charge >= 0.3 is 0 Å². The number of ether oxygens (including phenoxy) is 3. The Morgan fingerprint density at radius 1 is 1.06 bits per heavy atom. The lowest BCUT2D eigenvalue weighted by Crippen LogP contribution is -2.65. The van der Waals surface area contributed by atoms with Crippen LogP contribution in [0.2, 0.25) is 0 Å². The van der Waals surface area contributed by atoms with Gasteiger partial charge in [-0.1, -0.05) is 45.4 Å². The average molecular weight is 687 g/mol. The van der Waals surface area contributed by atoms with Crippen molar-refractivity contribution >= 4 is 10.0 Å². The highest BCUT2D eigenvalue weighted by Crippen LogP contribution is 2.36. The molecular formula is C36H58N6O5S. The first kappa shape index (κ1) is 37.1. The molecule has 1 saturated carbocycles. The van der Waals surface area contributed by atoms with Crippen molar-refractivity contribution in [1.82, 2.24) is 29.8 Å². The topological polar surface area (TPSA) is 118 Å². The first-order valence-electron chi connectivity index (χ1n) is 17.6. The molecule has 2 aromatic rings. The lowest BCUT2D eigenvalue weighted by molar-refractivity contribution is -0.0692. The minimum atomic E-state index is -3.74. The van der Waals surface area contributed by atoms with E-state index in [1.54, 1.807) is 19.5 Å². The van der Waals surface area contributed by atoms with Gasteiger partial charge in [0.2, 0.25) is 10.0 Å². The Bertz CT molecular complexity index is 1430. The summed E-state index contributed by atoms with van der Waals surface area (Å²) in [5.74, 6) is 1.58. The molecule has 3 heterocycles. The highest BCUT2D eigenvalue weighted by atomic mass is 32.2. The van der Waals surface area contributed by atoms with Crippen molar-refractivity contribution in [3.05, 3.63) is 53.1 Å². The van der Waals surface area contributed by atoms with Gasteiger partial charge < -0.3 is 14.2 Å². The maximum Gasteiger partial charge on any atom is 0.221 e. The van der Waals surface area contributed by atoms with E-state index in [1.165, 1.54) is 21.0 Å². The van der Waals surface area contributed by atoms with Gasteiger partial charge in [0.1, 0.15) is 25.1 Å². The van der Waals surface area contributed by atoms with Crippen molar-refractivity contribution in [2.45, 2.75) is 129 Å². The van der Waals surface area contributed by atoms with Gasteiger partial charge in [-0.3, -0.25) is 15.5 Å². The molecule has 2 saturated heterocycles. The summed E-state index contributed by atoms with van der Waals surface area (Å²) in [4.78, 5) is 11.8. The number of rotatable bonds is 8. The minimum Gasteiger partial charge on any atom is -0.488 e. The molecule has 5 unspecified atom stereocenters. The predicted molar refractivity (Wildman–Crippen MR) is 188 cm³/mol. The number of fused-ring (bicyclic) bond motifs is 4. The zero-order valence-electron chi connectivity index (χ0n) is 30.2. The van der Waals surface area contributed by atoms with Crippen molar-refractivity contribution in [3.63, 3.8) is 0 Å². The maximum absolute atomic E-state index is 14.5. The van der Waals surface area contributed by atoms with Crippen LogP contribution in [-0.4, -0.2) is 84.5 Å². The highest BCUT2D eigenvalue weighted by molar-refractivity contribution is 7.89. The maximum atomic E-state index is 14.5. The third-order valence-corrected chi connectivity index (χ3v) is 12.1. The molecule has 1 aromatic heterocycles. The van der Waals surface area contributed by atoms with E-state index in [-0.39, 0.29) is 42.5 Å². The first-order chi connectivity index (χ1) is 22.7. The van der Waals surface area contributed by atoms with Crippen LogP contribution >= 0.6 is 0 Å². The van der Waals surface area contributed by atoms with Crippen molar-refractivity contribution in [2.24, 2.45) is 11.3 Å². The summed E-state index contributed by atoms with van der Waals surface area (Å²) in [5.41, 5.74) is 3.56. The van der Waals surface area contributed by atoms with Crippen molar-refractivity contribution < 1.29 is 22.6 Å². The van der Waals surface area contributed by atoms with Crippen molar-refractivity contribution in [2.75, 3.05) is 27.0 Å². The molecule has 6 atom stereocenters. The van der Waals surface area contributed by atoms with E-state index in [2.05, 4.69) is 78.3 Å². The Balaban J connectivity index is 1.53. The van der Waals surface area contributed by atoms with Gasteiger partial charge in [-0.15, -0.1) is 4.31 Å². The quantitative estimate of drug-likeness (QED) is 0.382. The largest absolute Gasteiger partial charge is 0.488 e. The summed E-state index contributed by atoms with van der Waals surface area (Å²) in [5, 5.41) is 6.70. The zero-order chi connectivity index (χ0) is 34.6. The van der Waals surface area contributed by atoms with Gasteiger partial charge in [0.25, 0.3) is 0 Å². The van der Waals surface area contributed by atoms with E-state index in [0.717, 1.165) is 31.6 Å². The smallest absolute Gasteiger partial charge is 0.221 e. The van der Waals surface area contributed by atoms with Crippen LogP contribution in [0.1, 0.15) is 102 Å². The van der Waals surface area contributed by atoms with Gasteiger partial charge in [0.15, 0.2) is 5.75 Å². The molecule has 5 rings (SSSR count). The Labute approximate surface area is 288 Å². The van der Waals surface area contributed by atoms with Crippen LogP contribution in [0.4, 0.5) is 0 Å². The first-order valence-corrected chi connectivity index (χ1v) is 19.1. The van der Waals surface area contributed by atoms with Crippen LogP contribution in [0.5, 0.6) is 5.75 Å². The zero-order valence-corrected chi connectivity index (χ0v) is 31.1. The molecule has 11 nitrogen and oxygen atoms in total. The van der Waals surface area contributed by atoms with Gasteiger partial charge in [-0.25, -0.2) is 18.4 Å². The fourth-order valence-corrected chi connectivity index (χ4v) is 9.79. The lowest BCUT2D eigenvalue weighted by atomic mass is 9.85. The van der Waals surface area contributed by atoms with Crippen LogP contribution in [0.15, 0.2) is 30.6 Å². The van der Waals surface area contributed by atoms with Gasteiger partial charge in [0.05, 0.1) is 36.9 Å². The molecule has 12 heteroatoms. The predicted octanol–water partition coefficient (Wildman–Crippen LogP) is 5.25. The second kappa shape index (κ2) is 15.8. The summed E-state index contributed by atoms with van der Waals surface area (Å²) < 4.78 is 48.7. The standard InChI is InChI=1S/C36H58N6O5S/c1-24(2)47-29-18-37-32(38-19-29)21-41-20-27-13-10-14-30(15-27)48(43,44)42(23-45-8)35-39-31(34-25(3)11-9-12-26(34)4)16-33(40-35)46-22-28(41)17-36(5,6)7/h9,11-12,18-19,24,27-28,30-31,33,35,39-40H,10,13-17,20-23H2,1-8H3/t27?,28-,30?,31?,33?,35?/m1/s1. The number of sulfonamides is 1. The van der Waals surface area contributed by atoms with E-state index in [1.807, 2.05) is 13.8 Å². The molecule has 268 valence electrons. The number of nitrogens with one attached hydrogen (secondary N) is 2. The summed E-state index contributed by atoms with van der Waals surface area (Å²) in [6.07, 6.45) is 7.10. The second-order valence-corrected chi connectivity index (χ2v) is 17.7. The SMILES string of the molecule is COCN1C2NC(CC(c3c(C)cccc3C)N2)OC[C@@H](CC(C)(C)C)N(Cc2ncc(OC(C)C)cn2)CC2CCCC(C2)S1(=O)=O. The monoisotopic (exact) mass is 686 g/mol. The molecule has 48 heavy (non-hydrogen) atoms. The molecule has 3 fully saturated rings. The average Bonchev–Trinajstić information content (AvgIpc) is 3.01. The van der Waals surface area contributed by atoms with E-state index in [9.17, 15) is 8.42 Å². The lowest BCUT2D eigenvalue weighted by Gasteiger charge is -2.44. The number of aromatic nitrogens is 2. The molecule has 0 spiro atoms. The van der Waals surface area contributed by atoms with Crippen LogP contribution < -0.4 is 15.4 Å². The Hall–Kier alpha value is -2.19. The Morgan fingerprint density at radius 3 is 2.42 bits per heavy atom. The fraction of sp³-hybridized carbons (Fsp3) is 0.722. The van der Waals surface area contributed by atoms with Gasteiger partial charge in [-0.05, 0) is 81.4 Å². The minimum absolute atomic E-state index is 0.0363. The summed E-state index contributed by atoms with van der Waals surface area (Å²) in [6, 6.07) is 6.26. The highest BCUT2D eigenvalue weighted by Gasteiger charge is 2.44. The van der Waals surface area contributed by atoms with E-state index >= 15 is 0 Å². The molecule has 0 amide bonds. The molecule has 2 N–H and O–H groups in total. The number of hydrogen-bond acceptors (Lipinski definition) is 10. The van der Waals surface area contributed by atoms with Crippen LogP contribution in [0.3, 0.4) is 0 Å². The van der Waals surface area contributed by atoms with E-state index in [4.69, 9.17) is 14.2 Å². The number of methoxy groups -OCH3 is 1. The van der Waals surface area contributed by atoms with E-state index in [0.29, 0.717) is 38.2 Å².